The Bertz CT molecular complexity index is 1000. The Morgan fingerprint density at radius 3 is 2.44 bits per heavy atom. The smallest absolute Gasteiger partial charge is 0.139 e. The first-order chi connectivity index (χ1) is 12.2. The second-order valence-electron chi connectivity index (χ2n) is 6.02. The standard InChI is InChI=1S/C21H18FN3/c1-15-6-5-9-19-24-20(17-10-12-18(22)13-11-17)21(25(15)19)23-14-16-7-3-2-4-8-16/h2-13,23H,14H2,1H3. The number of rotatable bonds is 4. The van der Waals surface area contributed by atoms with Crippen molar-refractivity contribution in [2.45, 2.75) is 13.5 Å². The van der Waals surface area contributed by atoms with Gasteiger partial charge < -0.3 is 5.32 Å². The molecular formula is C21H18FN3. The molecule has 0 aliphatic heterocycles. The Labute approximate surface area is 145 Å². The van der Waals surface area contributed by atoms with Gasteiger partial charge >= 0.3 is 0 Å². The molecule has 0 amide bonds. The van der Waals surface area contributed by atoms with Crippen LogP contribution in [0, 0.1) is 12.7 Å². The van der Waals surface area contributed by atoms with Crippen molar-refractivity contribution < 1.29 is 4.39 Å². The fourth-order valence-corrected chi connectivity index (χ4v) is 3.01. The number of nitrogens with one attached hydrogen (secondary N) is 1. The average Bonchev–Trinajstić information content (AvgIpc) is 3.01. The number of fused-ring (bicyclic) bond motifs is 1. The van der Waals surface area contributed by atoms with E-state index < -0.39 is 0 Å². The molecule has 0 radical (unpaired) electrons. The predicted octanol–water partition coefficient (Wildman–Crippen LogP) is 5.06. The van der Waals surface area contributed by atoms with Crippen LogP contribution in [0.1, 0.15) is 11.3 Å². The summed E-state index contributed by atoms with van der Waals surface area (Å²) < 4.78 is 15.4. The molecule has 25 heavy (non-hydrogen) atoms. The summed E-state index contributed by atoms with van der Waals surface area (Å²) in [6, 6.07) is 22.7. The summed E-state index contributed by atoms with van der Waals surface area (Å²) in [7, 11) is 0. The lowest BCUT2D eigenvalue weighted by atomic mass is 10.1. The monoisotopic (exact) mass is 331 g/mol. The van der Waals surface area contributed by atoms with E-state index in [2.05, 4.69) is 34.8 Å². The number of hydrogen-bond acceptors (Lipinski definition) is 2. The number of aryl methyl sites for hydroxylation is 1. The van der Waals surface area contributed by atoms with Gasteiger partial charge in [-0.25, -0.2) is 9.37 Å². The summed E-state index contributed by atoms with van der Waals surface area (Å²) >= 11 is 0. The number of aromatic nitrogens is 2. The fraction of sp³-hybridized carbons (Fsp3) is 0.0952. The first-order valence-electron chi connectivity index (χ1n) is 8.24. The molecule has 4 rings (SSSR count). The molecule has 0 atom stereocenters. The molecule has 0 fully saturated rings. The highest BCUT2D eigenvalue weighted by Gasteiger charge is 2.15. The van der Waals surface area contributed by atoms with Crippen molar-refractivity contribution in [3.8, 4) is 11.3 Å². The largest absolute Gasteiger partial charge is 0.365 e. The minimum atomic E-state index is -0.248. The number of benzene rings is 2. The summed E-state index contributed by atoms with van der Waals surface area (Å²) in [6.07, 6.45) is 0. The van der Waals surface area contributed by atoms with Crippen molar-refractivity contribution in [3.63, 3.8) is 0 Å². The lowest BCUT2D eigenvalue weighted by molar-refractivity contribution is 0.628. The molecule has 0 aliphatic carbocycles. The zero-order valence-corrected chi connectivity index (χ0v) is 13.9. The predicted molar refractivity (Wildman–Crippen MR) is 99.1 cm³/mol. The van der Waals surface area contributed by atoms with Crippen molar-refractivity contribution >= 4 is 11.5 Å². The molecule has 0 spiro atoms. The SMILES string of the molecule is Cc1cccc2nc(-c3ccc(F)cc3)c(NCc3ccccc3)n12. The summed E-state index contributed by atoms with van der Waals surface area (Å²) in [5.74, 6) is 0.672. The van der Waals surface area contributed by atoms with Crippen molar-refractivity contribution in [2.75, 3.05) is 5.32 Å². The summed E-state index contributed by atoms with van der Waals surface area (Å²) in [4.78, 5) is 4.76. The van der Waals surface area contributed by atoms with Crippen LogP contribution in [0.25, 0.3) is 16.9 Å². The fourth-order valence-electron chi connectivity index (χ4n) is 3.01. The lowest BCUT2D eigenvalue weighted by Gasteiger charge is -2.11. The van der Waals surface area contributed by atoms with Crippen LogP contribution in [0.15, 0.2) is 72.8 Å². The van der Waals surface area contributed by atoms with E-state index >= 15 is 0 Å². The third-order valence-corrected chi connectivity index (χ3v) is 4.26. The van der Waals surface area contributed by atoms with Gasteiger partial charge in [0, 0.05) is 17.8 Å². The van der Waals surface area contributed by atoms with Gasteiger partial charge in [-0.05, 0) is 48.9 Å². The van der Waals surface area contributed by atoms with Crippen LogP contribution in [-0.2, 0) is 6.54 Å². The number of nitrogens with zero attached hydrogens (tertiary/aromatic N) is 2. The summed E-state index contributed by atoms with van der Waals surface area (Å²) in [5, 5.41) is 3.51. The van der Waals surface area contributed by atoms with E-state index in [0.29, 0.717) is 6.54 Å². The molecule has 2 aromatic carbocycles. The van der Waals surface area contributed by atoms with Gasteiger partial charge in [-0.15, -0.1) is 0 Å². The molecule has 2 aromatic heterocycles. The van der Waals surface area contributed by atoms with E-state index in [1.807, 2.05) is 30.3 Å². The number of imidazole rings is 1. The Morgan fingerprint density at radius 2 is 1.68 bits per heavy atom. The van der Waals surface area contributed by atoms with Crippen molar-refractivity contribution in [3.05, 3.63) is 89.9 Å². The van der Waals surface area contributed by atoms with Gasteiger partial charge in [0.1, 0.15) is 23.0 Å². The van der Waals surface area contributed by atoms with Gasteiger partial charge in [0.2, 0.25) is 0 Å². The second-order valence-corrected chi connectivity index (χ2v) is 6.02. The Morgan fingerprint density at radius 1 is 0.920 bits per heavy atom. The van der Waals surface area contributed by atoms with Crippen LogP contribution in [0.5, 0.6) is 0 Å². The van der Waals surface area contributed by atoms with Crippen LogP contribution in [0.2, 0.25) is 0 Å². The molecule has 2 heterocycles. The number of pyridine rings is 1. The van der Waals surface area contributed by atoms with Crippen LogP contribution >= 0.6 is 0 Å². The maximum Gasteiger partial charge on any atom is 0.139 e. The summed E-state index contributed by atoms with van der Waals surface area (Å²) in [5.41, 5.74) is 4.87. The maximum absolute atomic E-state index is 13.3. The zero-order chi connectivity index (χ0) is 17.2. The van der Waals surface area contributed by atoms with Gasteiger partial charge in [0.25, 0.3) is 0 Å². The van der Waals surface area contributed by atoms with E-state index in [9.17, 15) is 4.39 Å². The number of halogens is 1. The van der Waals surface area contributed by atoms with Crippen molar-refractivity contribution in [1.82, 2.24) is 9.38 Å². The highest BCUT2D eigenvalue weighted by Crippen LogP contribution is 2.30. The van der Waals surface area contributed by atoms with E-state index in [-0.39, 0.29) is 5.82 Å². The van der Waals surface area contributed by atoms with Gasteiger partial charge in [0.05, 0.1) is 0 Å². The second kappa shape index (κ2) is 6.40. The molecule has 3 nitrogen and oxygen atoms in total. The Kier molecular flexibility index (Phi) is 3.94. The van der Waals surface area contributed by atoms with Crippen LogP contribution < -0.4 is 5.32 Å². The molecule has 0 saturated carbocycles. The highest BCUT2D eigenvalue weighted by molar-refractivity contribution is 5.76. The highest BCUT2D eigenvalue weighted by atomic mass is 19.1. The maximum atomic E-state index is 13.3. The Balaban J connectivity index is 1.81. The quantitative estimate of drug-likeness (QED) is 0.566. The van der Waals surface area contributed by atoms with Gasteiger partial charge in [0.15, 0.2) is 0 Å². The summed E-state index contributed by atoms with van der Waals surface area (Å²) in [6.45, 7) is 2.74. The molecule has 0 unspecified atom stereocenters. The third kappa shape index (κ3) is 2.98. The molecule has 124 valence electrons. The topological polar surface area (TPSA) is 29.3 Å². The number of hydrogen-bond donors (Lipinski definition) is 1. The molecule has 4 aromatic rings. The zero-order valence-electron chi connectivity index (χ0n) is 13.9. The van der Waals surface area contributed by atoms with Gasteiger partial charge in [-0.1, -0.05) is 36.4 Å². The van der Waals surface area contributed by atoms with E-state index in [4.69, 9.17) is 4.98 Å². The normalized spacial score (nSPS) is 11.0. The number of anilines is 1. The van der Waals surface area contributed by atoms with Gasteiger partial charge in [-0.3, -0.25) is 4.40 Å². The molecule has 4 heteroatoms. The lowest BCUT2D eigenvalue weighted by Crippen LogP contribution is -2.04. The minimum Gasteiger partial charge on any atom is -0.365 e. The van der Waals surface area contributed by atoms with Crippen LogP contribution in [0.3, 0.4) is 0 Å². The molecule has 0 aliphatic rings. The Hall–Kier alpha value is -3.14. The molecular weight excluding hydrogens is 313 g/mol. The van der Waals surface area contributed by atoms with E-state index in [0.717, 1.165) is 28.4 Å². The van der Waals surface area contributed by atoms with Gasteiger partial charge in [-0.2, -0.15) is 0 Å². The van der Waals surface area contributed by atoms with Crippen molar-refractivity contribution in [2.24, 2.45) is 0 Å². The van der Waals surface area contributed by atoms with E-state index in [1.54, 1.807) is 12.1 Å². The average molecular weight is 331 g/mol. The molecule has 0 saturated heterocycles. The van der Waals surface area contributed by atoms with Crippen molar-refractivity contribution in [1.29, 1.82) is 0 Å². The third-order valence-electron chi connectivity index (χ3n) is 4.26. The minimum absolute atomic E-state index is 0.248. The molecule has 0 bridgehead atoms. The van der Waals surface area contributed by atoms with Crippen LogP contribution in [0.4, 0.5) is 10.2 Å². The first-order valence-corrected chi connectivity index (χ1v) is 8.24. The van der Waals surface area contributed by atoms with Crippen LogP contribution in [-0.4, -0.2) is 9.38 Å². The van der Waals surface area contributed by atoms with E-state index in [1.165, 1.54) is 17.7 Å². The molecule has 1 N–H and O–H groups in total. The first kappa shape index (κ1) is 15.4.